The fourth-order valence-electron chi connectivity index (χ4n) is 2.52. The highest BCUT2D eigenvalue weighted by molar-refractivity contribution is 5.10. The average molecular weight is 239 g/mol. The zero-order valence-electron chi connectivity index (χ0n) is 10.9. The Balaban J connectivity index is 1.88. The maximum Gasteiger partial charge on any atom is 0.0438 e. The van der Waals surface area contributed by atoms with Gasteiger partial charge in [-0.3, -0.25) is 4.90 Å². The van der Waals surface area contributed by atoms with Crippen molar-refractivity contribution in [1.29, 1.82) is 0 Å². The summed E-state index contributed by atoms with van der Waals surface area (Å²) in [5.41, 5.74) is 7.14. The Morgan fingerprint density at radius 3 is 2.59 bits per heavy atom. The zero-order chi connectivity index (χ0) is 12.1. The number of hydrogen-bond donors (Lipinski definition) is 2. The smallest absolute Gasteiger partial charge is 0.0438 e. The van der Waals surface area contributed by atoms with Crippen LogP contribution >= 0.6 is 0 Å². The first kappa shape index (κ1) is 12.7. The number of hydrogen-bond acceptors (Lipinski definition) is 5. The fourth-order valence-corrected chi connectivity index (χ4v) is 2.52. The van der Waals surface area contributed by atoms with Gasteiger partial charge in [-0.2, -0.15) is 0 Å². The van der Waals surface area contributed by atoms with Crippen LogP contribution in [-0.2, 0) is 0 Å². The Bertz CT molecular complexity index is 258. The number of fused-ring (bicyclic) bond motifs is 2. The van der Waals surface area contributed by atoms with E-state index in [1.54, 1.807) is 0 Å². The Hall–Kier alpha value is -0.780. The predicted octanol–water partition coefficient (Wildman–Crippen LogP) is -1.06. The molecule has 0 radical (unpaired) electrons. The Labute approximate surface area is 104 Å². The quantitative estimate of drug-likeness (QED) is 0.593. The van der Waals surface area contributed by atoms with Crippen LogP contribution in [0, 0.1) is 0 Å². The predicted molar refractivity (Wildman–Crippen MR) is 70.7 cm³/mol. The van der Waals surface area contributed by atoms with E-state index < -0.39 is 0 Å². The lowest BCUT2D eigenvalue weighted by Gasteiger charge is -2.44. The van der Waals surface area contributed by atoms with Crippen molar-refractivity contribution in [1.82, 2.24) is 20.0 Å². The summed E-state index contributed by atoms with van der Waals surface area (Å²) in [6, 6.07) is 0. The number of likely N-dealkylation sites (N-methyl/N-ethyl adjacent to an activating group) is 1. The third-order valence-electron chi connectivity index (χ3n) is 3.56. The average Bonchev–Trinajstić information content (AvgIpc) is 2.38. The third kappa shape index (κ3) is 3.34. The first-order valence-electron chi connectivity index (χ1n) is 6.60. The fraction of sp³-hybridized carbons (Fsp3) is 0.833. The Kier molecular flexibility index (Phi) is 4.65. The van der Waals surface area contributed by atoms with Crippen LogP contribution in [0.3, 0.4) is 0 Å². The Morgan fingerprint density at radius 1 is 1.29 bits per heavy atom. The number of piperazine rings is 1. The molecule has 3 aliphatic heterocycles. The summed E-state index contributed by atoms with van der Waals surface area (Å²) in [5.74, 6) is 0. The highest BCUT2D eigenvalue weighted by Crippen LogP contribution is 2.18. The lowest BCUT2D eigenvalue weighted by atomic mass is 10.2. The lowest BCUT2D eigenvalue weighted by Crippen LogP contribution is -2.51. The van der Waals surface area contributed by atoms with E-state index in [1.807, 2.05) is 7.05 Å². The van der Waals surface area contributed by atoms with Crippen molar-refractivity contribution in [2.75, 3.05) is 66.0 Å². The highest BCUT2D eigenvalue weighted by atomic mass is 15.3. The molecule has 0 saturated carbocycles. The molecule has 0 aromatic heterocycles. The van der Waals surface area contributed by atoms with Crippen LogP contribution in [0.15, 0.2) is 11.9 Å². The van der Waals surface area contributed by atoms with Crippen LogP contribution < -0.4 is 11.1 Å². The van der Waals surface area contributed by atoms with Gasteiger partial charge in [0.25, 0.3) is 0 Å². The summed E-state index contributed by atoms with van der Waals surface area (Å²) in [6.07, 6.45) is 2.33. The number of nitrogens with zero attached hydrogens (tertiary/aromatic N) is 3. The first-order valence-corrected chi connectivity index (χ1v) is 6.60. The molecule has 1 fully saturated rings. The summed E-state index contributed by atoms with van der Waals surface area (Å²) in [4.78, 5) is 7.39. The lowest BCUT2D eigenvalue weighted by molar-refractivity contribution is 0.146. The van der Waals surface area contributed by atoms with Gasteiger partial charge in [0.05, 0.1) is 0 Å². The molecular formula is C12H25N5. The second kappa shape index (κ2) is 6.23. The minimum atomic E-state index is 0.737. The summed E-state index contributed by atoms with van der Waals surface area (Å²) in [6.45, 7) is 9.61. The molecule has 0 unspecified atom stereocenters. The molecule has 0 atom stereocenters. The van der Waals surface area contributed by atoms with Gasteiger partial charge in [0.2, 0.25) is 0 Å². The topological polar surface area (TPSA) is 47.8 Å². The molecule has 0 amide bonds. The molecule has 5 nitrogen and oxygen atoms in total. The molecule has 3 N–H and O–H groups in total. The molecule has 17 heavy (non-hydrogen) atoms. The molecule has 0 aliphatic carbocycles. The van der Waals surface area contributed by atoms with E-state index in [1.165, 1.54) is 31.9 Å². The van der Waals surface area contributed by atoms with Gasteiger partial charge in [0.1, 0.15) is 0 Å². The summed E-state index contributed by atoms with van der Waals surface area (Å²) >= 11 is 0. The molecule has 0 aromatic carbocycles. The molecule has 3 heterocycles. The number of nitrogens with one attached hydrogen (secondary N) is 1. The van der Waals surface area contributed by atoms with Gasteiger partial charge in [0, 0.05) is 70.8 Å². The second-order valence-electron chi connectivity index (χ2n) is 4.81. The zero-order valence-corrected chi connectivity index (χ0v) is 10.9. The molecule has 5 heteroatoms. The first-order chi connectivity index (χ1) is 8.33. The second-order valence-corrected chi connectivity index (χ2v) is 4.81. The van der Waals surface area contributed by atoms with Crippen LogP contribution in [0.2, 0.25) is 0 Å². The normalized spacial score (nSPS) is 19.1. The van der Waals surface area contributed by atoms with Gasteiger partial charge in [-0.15, -0.1) is 0 Å². The summed E-state index contributed by atoms with van der Waals surface area (Å²) < 4.78 is 0. The van der Waals surface area contributed by atoms with Gasteiger partial charge < -0.3 is 20.9 Å². The van der Waals surface area contributed by atoms with Crippen LogP contribution in [-0.4, -0.2) is 80.7 Å². The SMILES string of the molecule is CNCCN(CCN)CC1=CN2CCN1CC2. The van der Waals surface area contributed by atoms with Crippen molar-refractivity contribution in [3.63, 3.8) is 0 Å². The van der Waals surface area contributed by atoms with Crippen LogP contribution in [0.1, 0.15) is 0 Å². The number of nitrogens with two attached hydrogens (primary N) is 1. The van der Waals surface area contributed by atoms with E-state index in [2.05, 4.69) is 26.2 Å². The molecule has 2 bridgehead atoms. The van der Waals surface area contributed by atoms with Gasteiger partial charge in [-0.25, -0.2) is 0 Å². The largest absolute Gasteiger partial charge is 0.372 e. The van der Waals surface area contributed by atoms with Crippen molar-refractivity contribution in [2.45, 2.75) is 0 Å². The summed E-state index contributed by atoms with van der Waals surface area (Å²) in [5, 5.41) is 3.20. The minimum absolute atomic E-state index is 0.737. The highest BCUT2D eigenvalue weighted by Gasteiger charge is 2.24. The molecule has 98 valence electrons. The van der Waals surface area contributed by atoms with E-state index in [0.717, 1.165) is 32.7 Å². The van der Waals surface area contributed by atoms with Crippen molar-refractivity contribution in [3.8, 4) is 0 Å². The van der Waals surface area contributed by atoms with Crippen molar-refractivity contribution >= 4 is 0 Å². The van der Waals surface area contributed by atoms with Crippen molar-refractivity contribution in [3.05, 3.63) is 11.9 Å². The van der Waals surface area contributed by atoms with Gasteiger partial charge in [-0.1, -0.05) is 0 Å². The van der Waals surface area contributed by atoms with Gasteiger partial charge in [-0.05, 0) is 7.05 Å². The van der Waals surface area contributed by atoms with E-state index in [4.69, 9.17) is 5.73 Å². The molecule has 0 aromatic rings. The van der Waals surface area contributed by atoms with Gasteiger partial charge >= 0.3 is 0 Å². The van der Waals surface area contributed by atoms with Crippen LogP contribution in [0.4, 0.5) is 0 Å². The Morgan fingerprint density at radius 2 is 2.06 bits per heavy atom. The monoisotopic (exact) mass is 239 g/mol. The molecule has 3 rings (SSSR count). The van der Waals surface area contributed by atoms with E-state index in [0.29, 0.717) is 0 Å². The van der Waals surface area contributed by atoms with E-state index in [9.17, 15) is 0 Å². The van der Waals surface area contributed by atoms with Crippen molar-refractivity contribution in [2.24, 2.45) is 5.73 Å². The molecule has 0 spiro atoms. The maximum atomic E-state index is 5.68. The number of rotatable bonds is 7. The van der Waals surface area contributed by atoms with E-state index >= 15 is 0 Å². The standard InChI is InChI=1S/C12H25N5/c1-14-3-5-15(4-2-13)10-12-11-16-6-8-17(12)9-7-16/h11,14H,2-10,13H2,1H3. The third-order valence-corrected chi connectivity index (χ3v) is 3.56. The van der Waals surface area contributed by atoms with Crippen molar-refractivity contribution < 1.29 is 0 Å². The maximum absolute atomic E-state index is 5.68. The molecule has 1 saturated heterocycles. The van der Waals surface area contributed by atoms with Crippen LogP contribution in [0.25, 0.3) is 0 Å². The van der Waals surface area contributed by atoms with Crippen LogP contribution in [0.5, 0.6) is 0 Å². The molecular weight excluding hydrogens is 214 g/mol. The van der Waals surface area contributed by atoms with E-state index in [-0.39, 0.29) is 0 Å². The molecule has 3 aliphatic rings. The summed E-state index contributed by atoms with van der Waals surface area (Å²) in [7, 11) is 2.00. The van der Waals surface area contributed by atoms with Gasteiger partial charge in [0.15, 0.2) is 0 Å². The minimum Gasteiger partial charge on any atom is -0.372 e.